The third-order valence-electron chi connectivity index (χ3n) is 4.58. The fraction of sp³-hybridized carbons (Fsp3) is 0.190. The highest BCUT2D eigenvalue weighted by Crippen LogP contribution is 2.30. The molecule has 1 aromatic carbocycles. The van der Waals surface area contributed by atoms with Crippen molar-refractivity contribution in [3.05, 3.63) is 73.3 Å². The third kappa shape index (κ3) is 3.26. The summed E-state index contributed by atoms with van der Waals surface area (Å²) >= 11 is 3.04. The van der Waals surface area contributed by atoms with Crippen molar-refractivity contribution >= 4 is 38.7 Å². The second-order valence-electron chi connectivity index (χ2n) is 6.62. The van der Waals surface area contributed by atoms with Crippen LogP contribution in [0.2, 0.25) is 0 Å². The van der Waals surface area contributed by atoms with E-state index in [9.17, 15) is 9.59 Å². The van der Waals surface area contributed by atoms with Crippen molar-refractivity contribution in [1.29, 1.82) is 0 Å². The molecule has 0 spiro atoms. The van der Waals surface area contributed by atoms with Crippen LogP contribution in [0.3, 0.4) is 0 Å². The smallest absolute Gasteiger partial charge is 0.263 e. The largest absolute Gasteiger partial charge is 0.292 e. The molecule has 6 heteroatoms. The number of thiophene rings is 2. The maximum absolute atomic E-state index is 13.1. The number of aromatic nitrogens is 2. The van der Waals surface area contributed by atoms with Crippen LogP contribution in [-0.2, 0) is 6.54 Å². The predicted octanol–water partition coefficient (Wildman–Crippen LogP) is 4.99. The molecule has 136 valence electrons. The van der Waals surface area contributed by atoms with Gasteiger partial charge in [-0.15, -0.1) is 22.7 Å². The highest BCUT2D eigenvalue weighted by atomic mass is 32.1. The van der Waals surface area contributed by atoms with Crippen LogP contribution in [0.4, 0.5) is 0 Å². The van der Waals surface area contributed by atoms with E-state index in [0.29, 0.717) is 15.8 Å². The van der Waals surface area contributed by atoms with Gasteiger partial charge in [-0.25, -0.2) is 4.98 Å². The maximum Gasteiger partial charge on any atom is 0.263 e. The van der Waals surface area contributed by atoms with Crippen molar-refractivity contribution in [2.45, 2.75) is 27.3 Å². The van der Waals surface area contributed by atoms with Gasteiger partial charge in [0.2, 0.25) is 0 Å². The number of carbonyl (C=O) groups is 1. The Balaban J connectivity index is 1.77. The Hall–Kier alpha value is -2.57. The normalized spacial score (nSPS) is 11.2. The van der Waals surface area contributed by atoms with E-state index in [4.69, 9.17) is 0 Å². The standard InChI is InChI=1S/C21H18N2O2S2/c1-12-4-6-15(7-5-12)17-10-26-20-19(17)21(25)23(11-22-20)9-18(24)16-8-13(2)27-14(16)3/h4-8,10-11H,9H2,1-3H3. The van der Waals surface area contributed by atoms with Gasteiger partial charge in [0.05, 0.1) is 18.3 Å². The molecule has 0 aliphatic carbocycles. The monoisotopic (exact) mass is 394 g/mol. The zero-order chi connectivity index (χ0) is 19.1. The van der Waals surface area contributed by atoms with E-state index >= 15 is 0 Å². The molecule has 0 aliphatic rings. The average molecular weight is 395 g/mol. The zero-order valence-electron chi connectivity index (χ0n) is 15.3. The molecule has 4 nitrogen and oxygen atoms in total. The topological polar surface area (TPSA) is 52.0 Å². The highest BCUT2D eigenvalue weighted by Gasteiger charge is 2.17. The number of benzene rings is 1. The van der Waals surface area contributed by atoms with Gasteiger partial charge in [-0.1, -0.05) is 29.8 Å². The van der Waals surface area contributed by atoms with Gasteiger partial charge in [0.1, 0.15) is 4.83 Å². The molecular formula is C21H18N2O2S2. The van der Waals surface area contributed by atoms with Crippen molar-refractivity contribution in [3.8, 4) is 11.1 Å². The lowest BCUT2D eigenvalue weighted by atomic mass is 10.1. The molecule has 0 N–H and O–H groups in total. The summed E-state index contributed by atoms with van der Waals surface area (Å²) in [5.41, 5.74) is 3.54. The SMILES string of the molecule is Cc1ccc(-c2csc3ncn(CC(=O)c4cc(C)sc4C)c(=O)c23)cc1. The summed E-state index contributed by atoms with van der Waals surface area (Å²) in [6.07, 6.45) is 1.48. The first kappa shape index (κ1) is 17.8. The van der Waals surface area contributed by atoms with E-state index in [1.165, 1.54) is 27.8 Å². The lowest BCUT2D eigenvalue weighted by molar-refractivity contribution is 0.0970. The van der Waals surface area contributed by atoms with Gasteiger partial charge in [0.25, 0.3) is 5.56 Å². The van der Waals surface area contributed by atoms with Gasteiger partial charge in [0.15, 0.2) is 5.78 Å². The van der Waals surface area contributed by atoms with Crippen LogP contribution in [0.1, 0.15) is 25.7 Å². The summed E-state index contributed by atoms with van der Waals surface area (Å²) in [6, 6.07) is 9.96. The van der Waals surface area contributed by atoms with Gasteiger partial charge in [-0.2, -0.15) is 0 Å². The van der Waals surface area contributed by atoms with E-state index < -0.39 is 0 Å². The number of hydrogen-bond acceptors (Lipinski definition) is 5. The molecule has 0 radical (unpaired) electrons. The minimum Gasteiger partial charge on any atom is -0.292 e. The van der Waals surface area contributed by atoms with Gasteiger partial charge < -0.3 is 0 Å². The molecule has 3 aromatic heterocycles. The average Bonchev–Trinajstić information content (AvgIpc) is 3.21. The Bertz CT molecular complexity index is 1210. The zero-order valence-corrected chi connectivity index (χ0v) is 16.9. The molecule has 0 fully saturated rings. The Morgan fingerprint density at radius 3 is 2.56 bits per heavy atom. The summed E-state index contributed by atoms with van der Waals surface area (Å²) in [7, 11) is 0. The number of ketones is 1. The summed E-state index contributed by atoms with van der Waals surface area (Å²) in [6.45, 7) is 5.95. The van der Waals surface area contributed by atoms with Gasteiger partial charge in [-0.05, 0) is 32.4 Å². The Morgan fingerprint density at radius 2 is 1.89 bits per heavy atom. The van der Waals surface area contributed by atoms with Crippen molar-refractivity contribution in [1.82, 2.24) is 9.55 Å². The molecule has 0 aliphatic heterocycles. The molecular weight excluding hydrogens is 376 g/mol. The van der Waals surface area contributed by atoms with E-state index in [-0.39, 0.29) is 17.9 Å². The summed E-state index contributed by atoms with van der Waals surface area (Å²) in [5, 5.41) is 2.54. The fourth-order valence-electron chi connectivity index (χ4n) is 3.17. The minimum atomic E-state index is -0.172. The molecule has 0 atom stereocenters. The van der Waals surface area contributed by atoms with Crippen LogP contribution >= 0.6 is 22.7 Å². The second-order valence-corrected chi connectivity index (χ2v) is 8.94. The molecule has 4 rings (SSSR count). The van der Waals surface area contributed by atoms with Crippen molar-refractivity contribution in [2.75, 3.05) is 0 Å². The molecule has 0 saturated heterocycles. The van der Waals surface area contributed by atoms with Gasteiger partial charge in [-0.3, -0.25) is 14.2 Å². The van der Waals surface area contributed by atoms with Crippen LogP contribution in [0.5, 0.6) is 0 Å². The predicted molar refractivity (Wildman–Crippen MR) is 112 cm³/mol. The molecule has 0 unspecified atom stereocenters. The first-order valence-corrected chi connectivity index (χ1v) is 10.3. The number of hydrogen-bond donors (Lipinski definition) is 0. The van der Waals surface area contributed by atoms with E-state index in [2.05, 4.69) is 4.98 Å². The maximum atomic E-state index is 13.1. The molecule has 0 amide bonds. The quantitative estimate of drug-likeness (QED) is 0.458. The number of aryl methyl sites for hydroxylation is 3. The third-order valence-corrected chi connectivity index (χ3v) is 6.43. The Kier molecular flexibility index (Phi) is 4.53. The number of carbonyl (C=O) groups excluding carboxylic acids is 1. The summed E-state index contributed by atoms with van der Waals surface area (Å²) in [5.74, 6) is -0.0628. The van der Waals surface area contributed by atoms with Crippen molar-refractivity contribution in [3.63, 3.8) is 0 Å². The van der Waals surface area contributed by atoms with Crippen LogP contribution < -0.4 is 5.56 Å². The molecule has 3 heterocycles. The minimum absolute atomic E-state index is 0.00196. The number of nitrogens with zero attached hydrogens (tertiary/aromatic N) is 2. The van der Waals surface area contributed by atoms with Crippen LogP contribution in [0.25, 0.3) is 21.3 Å². The van der Waals surface area contributed by atoms with Crippen LogP contribution in [0, 0.1) is 20.8 Å². The Labute approximate surface area is 164 Å². The highest BCUT2D eigenvalue weighted by molar-refractivity contribution is 7.17. The molecule has 0 saturated carbocycles. The first-order chi connectivity index (χ1) is 12.9. The van der Waals surface area contributed by atoms with E-state index in [1.807, 2.05) is 56.5 Å². The number of fused-ring (bicyclic) bond motifs is 1. The lowest BCUT2D eigenvalue weighted by Gasteiger charge is -2.06. The van der Waals surface area contributed by atoms with Crippen LogP contribution in [0.15, 0.2) is 46.8 Å². The lowest BCUT2D eigenvalue weighted by Crippen LogP contribution is -2.24. The first-order valence-electron chi connectivity index (χ1n) is 8.58. The van der Waals surface area contributed by atoms with Crippen molar-refractivity contribution in [2.24, 2.45) is 0 Å². The molecule has 0 bridgehead atoms. The van der Waals surface area contributed by atoms with Gasteiger partial charge >= 0.3 is 0 Å². The number of rotatable bonds is 4. The summed E-state index contributed by atoms with van der Waals surface area (Å²) < 4.78 is 1.42. The number of Topliss-reactive ketones (excluding diaryl/α,β-unsaturated/α-hetero) is 1. The molecule has 4 aromatic rings. The van der Waals surface area contributed by atoms with E-state index in [1.54, 1.807) is 11.3 Å². The van der Waals surface area contributed by atoms with Crippen LogP contribution in [-0.4, -0.2) is 15.3 Å². The molecule has 27 heavy (non-hydrogen) atoms. The van der Waals surface area contributed by atoms with Gasteiger partial charge in [0, 0.05) is 26.3 Å². The fourth-order valence-corrected chi connectivity index (χ4v) is 5.02. The van der Waals surface area contributed by atoms with E-state index in [0.717, 1.165) is 20.9 Å². The Morgan fingerprint density at radius 1 is 1.15 bits per heavy atom. The second kappa shape index (κ2) is 6.87. The van der Waals surface area contributed by atoms with Crippen molar-refractivity contribution < 1.29 is 4.79 Å². The summed E-state index contributed by atoms with van der Waals surface area (Å²) in [4.78, 5) is 33.0.